The smallest absolute Gasteiger partial charge is 0.0998 e. The van der Waals surface area contributed by atoms with Crippen molar-refractivity contribution in [2.75, 3.05) is 0 Å². The van der Waals surface area contributed by atoms with Crippen molar-refractivity contribution in [2.24, 2.45) is 0 Å². The summed E-state index contributed by atoms with van der Waals surface area (Å²) in [5, 5.41) is 10.1. The molecule has 0 spiro atoms. The fraction of sp³-hybridized carbons (Fsp3) is 0.0625. The average molecular weight is 232 g/mol. The van der Waals surface area contributed by atoms with E-state index in [4.69, 9.17) is 5.26 Å². The minimum atomic E-state index is 0.735. The van der Waals surface area contributed by atoms with Gasteiger partial charge < -0.3 is 4.57 Å². The number of hydrogen-bond donors (Lipinski definition) is 0. The van der Waals surface area contributed by atoms with Crippen LogP contribution in [-0.2, 0) is 6.54 Å². The van der Waals surface area contributed by atoms with Gasteiger partial charge in [0, 0.05) is 23.6 Å². The van der Waals surface area contributed by atoms with Crippen LogP contribution in [0.4, 0.5) is 0 Å². The van der Waals surface area contributed by atoms with Crippen LogP contribution in [0.25, 0.3) is 10.9 Å². The Morgan fingerprint density at radius 3 is 2.56 bits per heavy atom. The first kappa shape index (κ1) is 10.6. The van der Waals surface area contributed by atoms with Crippen LogP contribution in [0, 0.1) is 11.3 Å². The van der Waals surface area contributed by atoms with Gasteiger partial charge in [-0.05, 0) is 23.8 Å². The zero-order valence-corrected chi connectivity index (χ0v) is 9.88. The third kappa shape index (κ3) is 1.76. The van der Waals surface area contributed by atoms with Crippen LogP contribution in [0.2, 0.25) is 0 Å². The van der Waals surface area contributed by atoms with E-state index in [0.717, 1.165) is 23.0 Å². The molecule has 86 valence electrons. The highest BCUT2D eigenvalue weighted by molar-refractivity contribution is 5.86. The average Bonchev–Trinajstić information content (AvgIpc) is 2.83. The molecule has 0 saturated heterocycles. The molecule has 2 aromatic carbocycles. The van der Waals surface area contributed by atoms with Gasteiger partial charge >= 0.3 is 0 Å². The first-order chi connectivity index (χ1) is 8.88. The second-order valence-corrected chi connectivity index (χ2v) is 4.28. The molecular formula is C16H12N2. The maximum Gasteiger partial charge on any atom is 0.0998 e. The number of nitriles is 1. The predicted molar refractivity (Wildman–Crippen MR) is 72.2 cm³/mol. The molecule has 2 nitrogen and oxygen atoms in total. The van der Waals surface area contributed by atoms with Crippen LogP contribution in [0.3, 0.4) is 0 Å². The molecule has 0 aliphatic rings. The summed E-state index contributed by atoms with van der Waals surface area (Å²) in [5.74, 6) is 0. The summed E-state index contributed by atoms with van der Waals surface area (Å²) in [6.45, 7) is 0.833. The Morgan fingerprint density at radius 1 is 0.944 bits per heavy atom. The van der Waals surface area contributed by atoms with E-state index in [9.17, 15) is 0 Å². The zero-order valence-electron chi connectivity index (χ0n) is 9.88. The van der Waals surface area contributed by atoms with Gasteiger partial charge in [-0.2, -0.15) is 5.26 Å². The maximum atomic E-state index is 9.08. The lowest BCUT2D eigenvalue weighted by molar-refractivity contribution is 0.837. The lowest BCUT2D eigenvalue weighted by atomic mass is 10.1. The van der Waals surface area contributed by atoms with Crippen molar-refractivity contribution in [3.8, 4) is 6.07 Å². The summed E-state index contributed by atoms with van der Waals surface area (Å²) in [6.07, 6.45) is 2.04. The van der Waals surface area contributed by atoms with Crippen LogP contribution in [0.5, 0.6) is 0 Å². The molecule has 0 unspecified atom stereocenters. The Labute approximate surface area is 106 Å². The van der Waals surface area contributed by atoms with E-state index >= 15 is 0 Å². The zero-order chi connectivity index (χ0) is 12.4. The van der Waals surface area contributed by atoms with Gasteiger partial charge in [0.05, 0.1) is 11.6 Å². The van der Waals surface area contributed by atoms with Crippen LogP contribution in [-0.4, -0.2) is 4.57 Å². The number of fused-ring (bicyclic) bond motifs is 1. The Hall–Kier alpha value is -2.53. The van der Waals surface area contributed by atoms with Gasteiger partial charge in [-0.1, -0.05) is 36.4 Å². The topological polar surface area (TPSA) is 28.7 Å². The molecule has 0 bridgehead atoms. The van der Waals surface area contributed by atoms with Crippen LogP contribution in [0.1, 0.15) is 11.1 Å². The van der Waals surface area contributed by atoms with Crippen molar-refractivity contribution in [3.63, 3.8) is 0 Å². The van der Waals surface area contributed by atoms with Gasteiger partial charge in [-0.15, -0.1) is 0 Å². The van der Waals surface area contributed by atoms with Crippen LogP contribution < -0.4 is 0 Å². The molecule has 0 saturated carbocycles. The van der Waals surface area contributed by atoms with Crippen molar-refractivity contribution >= 4 is 10.9 Å². The molecule has 0 aliphatic carbocycles. The quantitative estimate of drug-likeness (QED) is 0.664. The fourth-order valence-corrected chi connectivity index (χ4v) is 2.24. The highest BCUT2D eigenvalue weighted by Crippen LogP contribution is 2.20. The third-order valence-corrected chi connectivity index (χ3v) is 3.13. The Morgan fingerprint density at radius 2 is 1.78 bits per heavy atom. The van der Waals surface area contributed by atoms with Crippen molar-refractivity contribution < 1.29 is 0 Å². The molecular weight excluding hydrogens is 220 g/mol. The first-order valence-electron chi connectivity index (χ1n) is 5.90. The number of benzene rings is 2. The standard InChI is InChI=1S/C16H12N2/c17-11-14-7-4-8-16-15(14)9-10-18(16)12-13-5-2-1-3-6-13/h1-10H,12H2. The summed E-state index contributed by atoms with van der Waals surface area (Å²) in [6, 6.07) is 20.4. The molecule has 0 fully saturated rings. The van der Waals surface area contributed by atoms with Gasteiger partial charge in [0.15, 0.2) is 0 Å². The monoisotopic (exact) mass is 232 g/mol. The van der Waals surface area contributed by atoms with E-state index < -0.39 is 0 Å². The molecule has 0 aliphatic heterocycles. The minimum Gasteiger partial charge on any atom is -0.343 e. The second kappa shape index (κ2) is 4.38. The molecule has 3 aromatic rings. The number of nitrogens with zero attached hydrogens (tertiary/aromatic N) is 2. The van der Waals surface area contributed by atoms with Gasteiger partial charge in [-0.25, -0.2) is 0 Å². The third-order valence-electron chi connectivity index (χ3n) is 3.13. The number of hydrogen-bond acceptors (Lipinski definition) is 1. The van der Waals surface area contributed by atoms with E-state index in [1.165, 1.54) is 5.56 Å². The highest BCUT2D eigenvalue weighted by Gasteiger charge is 2.05. The summed E-state index contributed by atoms with van der Waals surface area (Å²) < 4.78 is 2.17. The SMILES string of the molecule is N#Cc1cccc2c1ccn2Cc1ccccc1. The predicted octanol–water partition coefficient (Wildman–Crippen LogP) is 3.56. The molecule has 0 N–H and O–H groups in total. The summed E-state index contributed by atoms with van der Waals surface area (Å²) >= 11 is 0. The molecule has 0 atom stereocenters. The van der Waals surface area contributed by atoms with E-state index in [0.29, 0.717) is 0 Å². The van der Waals surface area contributed by atoms with Crippen molar-refractivity contribution in [1.29, 1.82) is 5.26 Å². The van der Waals surface area contributed by atoms with Crippen LogP contribution in [0.15, 0.2) is 60.8 Å². The van der Waals surface area contributed by atoms with Gasteiger partial charge in [0.2, 0.25) is 0 Å². The highest BCUT2D eigenvalue weighted by atomic mass is 14.9. The Kier molecular flexibility index (Phi) is 2.59. The first-order valence-corrected chi connectivity index (χ1v) is 5.90. The molecule has 1 heterocycles. The molecule has 2 heteroatoms. The summed E-state index contributed by atoms with van der Waals surface area (Å²) in [5.41, 5.74) is 3.11. The molecule has 0 amide bonds. The van der Waals surface area contributed by atoms with Crippen molar-refractivity contribution in [2.45, 2.75) is 6.54 Å². The lowest BCUT2D eigenvalue weighted by Crippen LogP contribution is -1.97. The minimum absolute atomic E-state index is 0.735. The van der Waals surface area contributed by atoms with E-state index in [1.54, 1.807) is 0 Å². The van der Waals surface area contributed by atoms with Gasteiger partial charge in [-0.3, -0.25) is 0 Å². The fourth-order valence-electron chi connectivity index (χ4n) is 2.24. The molecule has 3 rings (SSSR count). The van der Waals surface area contributed by atoms with Gasteiger partial charge in [0.1, 0.15) is 0 Å². The number of aromatic nitrogens is 1. The molecule has 18 heavy (non-hydrogen) atoms. The maximum absolute atomic E-state index is 9.08. The summed E-state index contributed by atoms with van der Waals surface area (Å²) in [7, 11) is 0. The van der Waals surface area contributed by atoms with E-state index in [1.807, 2.05) is 42.6 Å². The van der Waals surface area contributed by atoms with E-state index in [2.05, 4.69) is 28.8 Å². The van der Waals surface area contributed by atoms with Gasteiger partial charge in [0.25, 0.3) is 0 Å². The summed E-state index contributed by atoms with van der Waals surface area (Å²) in [4.78, 5) is 0. The molecule has 0 radical (unpaired) electrons. The van der Waals surface area contributed by atoms with Crippen molar-refractivity contribution in [1.82, 2.24) is 4.57 Å². The lowest BCUT2D eigenvalue weighted by Gasteiger charge is -2.05. The Balaban J connectivity index is 2.07. The van der Waals surface area contributed by atoms with Crippen LogP contribution >= 0.6 is 0 Å². The van der Waals surface area contributed by atoms with Crippen molar-refractivity contribution in [3.05, 3.63) is 71.9 Å². The second-order valence-electron chi connectivity index (χ2n) is 4.28. The largest absolute Gasteiger partial charge is 0.343 e. The normalized spacial score (nSPS) is 10.4. The molecule has 1 aromatic heterocycles. The number of rotatable bonds is 2. The Bertz CT molecular complexity index is 718. The van der Waals surface area contributed by atoms with E-state index in [-0.39, 0.29) is 0 Å².